The van der Waals surface area contributed by atoms with Crippen molar-refractivity contribution in [1.29, 1.82) is 0 Å². The van der Waals surface area contributed by atoms with Gasteiger partial charge in [0, 0.05) is 0 Å². The van der Waals surface area contributed by atoms with Crippen LogP contribution in [0.15, 0.2) is 42.5 Å². The van der Waals surface area contributed by atoms with Crippen LogP contribution in [0.3, 0.4) is 0 Å². The first-order valence-corrected chi connectivity index (χ1v) is 6.64. The van der Waals surface area contributed by atoms with Gasteiger partial charge in [0.15, 0.2) is 11.5 Å². The zero-order valence-corrected chi connectivity index (χ0v) is 11.2. The molecular weight excluding hydrogens is 254 g/mol. The van der Waals surface area contributed by atoms with Gasteiger partial charge in [0.1, 0.15) is 5.75 Å². The molecule has 4 N–H and O–H groups in total. The average molecular weight is 273 g/mol. The standard InChI is InChI=1S/C16H19NO3/c18-14-4-1-12(2-5-14)7-9-17-10-8-13-3-6-15(19)16(20)11-13/h1-6,11,17-20H,7-10H2. The molecular formula is C16H19NO3. The number of phenols is 3. The summed E-state index contributed by atoms with van der Waals surface area (Å²) in [4.78, 5) is 0. The summed E-state index contributed by atoms with van der Waals surface area (Å²) in [6.07, 6.45) is 1.70. The molecule has 2 aromatic carbocycles. The van der Waals surface area contributed by atoms with Crippen molar-refractivity contribution in [3.05, 3.63) is 53.6 Å². The molecule has 4 heteroatoms. The number of hydrogen-bond acceptors (Lipinski definition) is 4. The summed E-state index contributed by atoms with van der Waals surface area (Å²) in [6.45, 7) is 1.66. The lowest BCUT2D eigenvalue weighted by molar-refractivity contribution is 0.403. The van der Waals surface area contributed by atoms with Crippen LogP contribution >= 0.6 is 0 Å². The maximum absolute atomic E-state index is 9.38. The summed E-state index contributed by atoms with van der Waals surface area (Å²) in [5.74, 6) is 0.120. The zero-order chi connectivity index (χ0) is 14.4. The third-order valence-electron chi connectivity index (χ3n) is 3.16. The highest BCUT2D eigenvalue weighted by molar-refractivity contribution is 5.40. The number of benzene rings is 2. The second kappa shape index (κ2) is 6.82. The molecule has 0 radical (unpaired) electrons. The lowest BCUT2D eigenvalue weighted by Crippen LogP contribution is -2.20. The van der Waals surface area contributed by atoms with Gasteiger partial charge < -0.3 is 20.6 Å². The van der Waals surface area contributed by atoms with Gasteiger partial charge in [-0.15, -0.1) is 0 Å². The van der Waals surface area contributed by atoms with Gasteiger partial charge in [-0.05, 0) is 61.3 Å². The van der Waals surface area contributed by atoms with Crippen molar-refractivity contribution in [2.24, 2.45) is 0 Å². The zero-order valence-electron chi connectivity index (χ0n) is 11.2. The lowest BCUT2D eigenvalue weighted by atomic mass is 10.1. The molecule has 106 valence electrons. The molecule has 0 atom stereocenters. The predicted octanol–water partition coefficient (Wildman–Crippen LogP) is 2.18. The number of hydrogen-bond donors (Lipinski definition) is 4. The Morgan fingerprint density at radius 2 is 1.30 bits per heavy atom. The van der Waals surface area contributed by atoms with Gasteiger partial charge in [0.05, 0.1) is 0 Å². The lowest BCUT2D eigenvalue weighted by Gasteiger charge is -2.06. The van der Waals surface area contributed by atoms with Crippen LogP contribution in [0.1, 0.15) is 11.1 Å². The minimum absolute atomic E-state index is 0.0772. The normalized spacial score (nSPS) is 10.6. The Morgan fingerprint density at radius 3 is 1.95 bits per heavy atom. The quantitative estimate of drug-likeness (QED) is 0.481. The highest BCUT2D eigenvalue weighted by atomic mass is 16.3. The maximum atomic E-state index is 9.38. The van der Waals surface area contributed by atoms with Crippen LogP contribution < -0.4 is 5.32 Å². The molecule has 20 heavy (non-hydrogen) atoms. The Hall–Kier alpha value is -2.20. The van der Waals surface area contributed by atoms with E-state index in [0.717, 1.165) is 31.5 Å². The van der Waals surface area contributed by atoms with E-state index in [-0.39, 0.29) is 17.2 Å². The van der Waals surface area contributed by atoms with Gasteiger partial charge >= 0.3 is 0 Å². The molecule has 0 aliphatic carbocycles. The summed E-state index contributed by atoms with van der Waals surface area (Å²) in [6, 6.07) is 12.1. The van der Waals surface area contributed by atoms with E-state index in [1.807, 2.05) is 12.1 Å². The van der Waals surface area contributed by atoms with Crippen molar-refractivity contribution in [2.75, 3.05) is 13.1 Å². The van der Waals surface area contributed by atoms with Crippen LogP contribution in [0, 0.1) is 0 Å². The minimum Gasteiger partial charge on any atom is -0.508 e. The van der Waals surface area contributed by atoms with Gasteiger partial charge in [-0.25, -0.2) is 0 Å². The molecule has 0 spiro atoms. The van der Waals surface area contributed by atoms with Crippen LogP contribution in [0.4, 0.5) is 0 Å². The number of nitrogens with one attached hydrogen (secondary N) is 1. The largest absolute Gasteiger partial charge is 0.508 e. The maximum Gasteiger partial charge on any atom is 0.157 e. The molecule has 4 nitrogen and oxygen atoms in total. The van der Waals surface area contributed by atoms with E-state index in [1.54, 1.807) is 24.3 Å². The predicted molar refractivity (Wildman–Crippen MR) is 78.2 cm³/mol. The number of aromatic hydroxyl groups is 3. The van der Waals surface area contributed by atoms with Crippen molar-refractivity contribution in [3.63, 3.8) is 0 Å². The summed E-state index contributed by atoms with van der Waals surface area (Å²) >= 11 is 0. The fourth-order valence-corrected chi connectivity index (χ4v) is 1.98. The van der Waals surface area contributed by atoms with E-state index >= 15 is 0 Å². The molecule has 2 aromatic rings. The minimum atomic E-state index is -0.0889. The first-order chi connectivity index (χ1) is 9.65. The molecule has 2 rings (SSSR count). The van der Waals surface area contributed by atoms with E-state index < -0.39 is 0 Å². The van der Waals surface area contributed by atoms with Crippen molar-refractivity contribution >= 4 is 0 Å². The second-order valence-electron chi connectivity index (χ2n) is 4.74. The van der Waals surface area contributed by atoms with E-state index in [0.29, 0.717) is 0 Å². The van der Waals surface area contributed by atoms with Crippen LogP contribution in [0.5, 0.6) is 17.2 Å². The van der Waals surface area contributed by atoms with Gasteiger partial charge in [0.2, 0.25) is 0 Å². The SMILES string of the molecule is Oc1ccc(CCNCCc2ccc(O)c(O)c2)cc1. The smallest absolute Gasteiger partial charge is 0.157 e. The molecule has 0 saturated heterocycles. The number of phenolic OH excluding ortho intramolecular Hbond substituents is 3. The Kier molecular flexibility index (Phi) is 4.85. The highest BCUT2D eigenvalue weighted by Gasteiger charge is 2.00. The fourth-order valence-electron chi connectivity index (χ4n) is 1.98. The first kappa shape index (κ1) is 14.2. The van der Waals surface area contributed by atoms with E-state index in [4.69, 9.17) is 0 Å². The Bertz CT molecular complexity index is 552. The van der Waals surface area contributed by atoms with Crippen LogP contribution in [0.25, 0.3) is 0 Å². The van der Waals surface area contributed by atoms with E-state index in [9.17, 15) is 15.3 Å². The van der Waals surface area contributed by atoms with E-state index in [2.05, 4.69) is 5.32 Å². The summed E-state index contributed by atoms with van der Waals surface area (Å²) in [5.41, 5.74) is 2.16. The van der Waals surface area contributed by atoms with Crippen molar-refractivity contribution in [1.82, 2.24) is 5.32 Å². The topological polar surface area (TPSA) is 72.7 Å². The molecule has 0 amide bonds. The van der Waals surface area contributed by atoms with Crippen LogP contribution in [-0.2, 0) is 12.8 Å². The van der Waals surface area contributed by atoms with Crippen LogP contribution in [-0.4, -0.2) is 28.4 Å². The molecule has 0 aromatic heterocycles. The Morgan fingerprint density at radius 1 is 0.700 bits per heavy atom. The molecule has 0 unspecified atom stereocenters. The van der Waals surface area contributed by atoms with Gasteiger partial charge in [-0.3, -0.25) is 0 Å². The monoisotopic (exact) mass is 273 g/mol. The Balaban J connectivity index is 1.68. The summed E-state index contributed by atoms with van der Waals surface area (Å²) in [5, 5.41) is 31.1. The third kappa shape index (κ3) is 4.17. The third-order valence-corrected chi connectivity index (χ3v) is 3.16. The number of rotatable bonds is 6. The van der Waals surface area contributed by atoms with Gasteiger partial charge in [0.25, 0.3) is 0 Å². The first-order valence-electron chi connectivity index (χ1n) is 6.64. The summed E-state index contributed by atoms with van der Waals surface area (Å²) in [7, 11) is 0. The Labute approximate surface area is 118 Å². The molecule has 0 saturated carbocycles. The average Bonchev–Trinajstić information content (AvgIpc) is 2.44. The van der Waals surface area contributed by atoms with Crippen molar-refractivity contribution in [2.45, 2.75) is 12.8 Å². The van der Waals surface area contributed by atoms with Gasteiger partial charge in [-0.1, -0.05) is 18.2 Å². The highest BCUT2D eigenvalue weighted by Crippen LogP contribution is 2.24. The molecule has 0 aliphatic rings. The fraction of sp³-hybridized carbons (Fsp3) is 0.250. The van der Waals surface area contributed by atoms with Crippen molar-refractivity contribution < 1.29 is 15.3 Å². The molecule has 0 fully saturated rings. The van der Waals surface area contributed by atoms with Crippen LogP contribution in [0.2, 0.25) is 0 Å². The summed E-state index contributed by atoms with van der Waals surface area (Å²) < 4.78 is 0. The molecule has 0 aliphatic heterocycles. The molecule has 0 bridgehead atoms. The van der Waals surface area contributed by atoms with E-state index in [1.165, 1.54) is 11.6 Å². The van der Waals surface area contributed by atoms with Gasteiger partial charge in [-0.2, -0.15) is 0 Å². The molecule has 0 heterocycles. The van der Waals surface area contributed by atoms with Crippen molar-refractivity contribution in [3.8, 4) is 17.2 Å². The second-order valence-corrected chi connectivity index (χ2v) is 4.74.